The van der Waals surface area contributed by atoms with Crippen LogP contribution in [-0.2, 0) is 20.9 Å². The van der Waals surface area contributed by atoms with Gasteiger partial charge in [0.25, 0.3) is 11.8 Å². The topological polar surface area (TPSA) is 243 Å². The van der Waals surface area contributed by atoms with Crippen LogP contribution in [0.3, 0.4) is 0 Å². The van der Waals surface area contributed by atoms with Crippen molar-refractivity contribution in [3.63, 3.8) is 0 Å². The van der Waals surface area contributed by atoms with E-state index >= 15 is 0 Å². The van der Waals surface area contributed by atoms with Gasteiger partial charge in [0, 0.05) is 75.9 Å². The fraction of sp³-hybridized carbons (Fsp3) is 0.348. The van der Waals surface area contributed by atoms with Crippen molar-refractivity contribution >= 4 is 52.6 Å². The number of imide groups is 1. The molecule has 0 radical (unpaired) electrons. The number of aliphatic imine (C=N–C) groups is 1. The van der Waals surface area contributed by atoms with Crippen molar-refractivity contribution in [3.05, 3.63) is 114 Å². The lowest BCUT2D eigenvalue weighted by Crippen LogP contribution is -2.50. The highest BCUT2D eigenvalue weighted by molar-refractivity contribution is 6.25. The maximum atomic E-state index is 13.3. The minimum atomic E-state index is -0.662. The second-order valence-electron chi connectivity index (χ2n) is 15.9. The molecule has 8 N–H and O–H groups in total. The maximum Gasteiger partial charge on any atom is 0.328 e. The van der Waals surface area contributed by atoms with Gasteiger partial charge in [0.1, 0.15) is 28.7 Å². The summed E-state index contributed by atoms with van der Waals surface area (Å²) < 4.78 is 5.89. The van der Waals surface area contributed by atoms with Gasteiger partial charge in [-0.25, -0.2) is 14.8 Å². The summed E-state index contributed by atoms with van der Waals surface area (Å²) in [7, 11) is 1.93. The summed E-state index contributed by atoms with van der Waals surface area (Å²) in [6.07, 6.45) is 6.41. The number of primary amides is 1. The third kappa shape index (κ3) is 11.8. The number of urea groups is 1. The van der Waals surface area contributed by atoms with Gasteiger partial charge in [-0.1, -0.05) is 18.2 Å². The molecule has 4 aromatic rings. The van der Waals surface area contributed by atoms with Crippen molar-refractivity contribution in [2.75, 3.05) is 63.1 Å². The first-order valence-corrected chi connectivity index (χ1v) is 21.5. The molecule has 0 spiro atoms. The van der Waals surface area contributed by atoms with Crippen LogP contribution in [0.1, 0.15) is 53.8 Å². The monoisotopic (exact) mass is 870 g/mol. The molecule has 1 atom stereocenters. The quantitative estimate of drug-likeness (QED) is 0.0662. The Morgan fingerprint density at radius 2 is 1.55 bits per heavy atom. The average Bonchev–Trinajstić information content (AvgIpc) is 3.31. The second-order valence-corrected chi connectivity index (χ2v) is 15.9. The molecule has 3 aliphatic rings. The first kappa shape index (κ1) is 44.7. The molecule has 6 amide bonds. The molecule has 3 aliphatic heterocycles. The summed E-state index contributed by atoms with van der Waals surface area (Å²) in [4.78, 5) is 81.1. The third-order valence-electron chi connectivity index (χ3n) is 11.4. The fourth-order valence-electron chi connectivity index (χ4n) is 7.89. The highest BCUT2D eigenvalue weighted by Gasteiger charge is 2.32. The number of ether oxygens (including phenoxy) is 1. The lowest BCUT2D eigenvalue weighted by atomic mass is 9.86. The number of amides is 6. The van der Waals surface area contributed by atoms with Crippen LogP contribution in [0.15, 0.2) is 102 Å². The molecule has 7 rings (SSSR count). The van der Waals surface area contributed by atoms with E-state index in [1.165, 1.54) is 4.90 Å². The van der Waals surface area contributed by atoms with Crippen molar-refractivity contribution in [2.24, 2.45) is 22.4 Å². The number of anilines is 2. The molecule has 4 heterocycles. The summed E-state index contributed by atoms with van der Waals surface area (Å²) in [6, 6.07) is 22.8. The Morgan fingerprint density at radius 1 is 0.859 bits per heavy atom. The minimum Gasteiger partial charge on any atom is -0.457 e. The number of piperidine rings is 1. The maximum absolute atomic E-state index is 13.3. The number of carbonyl (C=O) groups excluding carboxylic acids is 5. The standard InChI is InChI=1S/C46H54N12O6/c1-56(29-38-52-27-33(28-53-38)49-21-22-51-45(62)32-7-11-34(12-8-32)58-26-18-39(59)55-46(58)63)23-19-40(60)57-24-16-30(17-25-57)37-15-20-50-44(54-37)41(43(48)61)42(47)31-9-13-36(14-10-31)64-35-5-3-2-4-6-35/h2-14,27-28,30,37,49H,15-26,29,47H2,1H3,(H2,48,61)(H,50,54)(H,51,62)(H,55,59,63)/t37-/m0/s1. The Hall–Kier alpha value is -7.34. The molecule has 0 bridgehead atoms. The highest BCUT2D eigenvalue weighted by Crippen LogP contribution is 2.28. The van der Waals surface area contributed by atoms with Gasteiger partial charge in [0.2, 0.25) is 11.8 Å². The summed E-state index contributed by atoms with van der Waals surface area (Å²) in [6.45, 7) is 3.95. The number of nitrogens with two attached hydrogens (primary N) is 2. The number of hydrogen-bond donors (Lipinski definition) is 6. The van der Waals surface area contributed by atoms with Crippen LogP contribution in [0.2, 0.25) is 0 Å². The Morgan fingerprint density at radius 3 is 2.23 bits per heavy atom. The van der Waals surface area contributed by atoms with Gasteiger partial charge >= 0.3 is 6.03 Å². The minimum absolute atomic E-state index is 0.0610. The lowest BCUT2D eigenvalue weighted by Gasteiger charge is -2.38. The summed E-state index contributed by atoms with van der Waals surface area (Å²) >= 11 is 0. The molecule has 64 heavy (non-hydrogen) atoms. The summed E-state index contributed by atoms with van der Waals surface area (Å²) in [5.41, 5.74) is 15.2. The summed E-state index contributed by atoms with van der Waals surface area (Å²) in [5.74, 6) is 1.54. The molecular formula is C46H54N12O6. The van der Waals surface area contributed by atoms with Crippen LogP contribution in [0.4, 0.5) is 16.2 Å². The number of hydrogen-bond acceptors (Lipinski definition) is 13. The van der Waals surface area contributed by atoms with Gasteiger partial charge in [-0.15, -0.1) is 0 Å². The third-order valence-corrected chi connectivity index (χ3v) is 11.4. The van der Waals surface area contributed by atoms with E-state index in [0.717, 1.165) is 19.3 Å². The van der Waals surface area contributed by atoms with Gasteiger partial charge < -0.3 is 37.1 Å². The molecule has 2 fully saturated rings. The van der Waals surface area contributed by atoms with Gasteiger partial charge in [0.05, 0.1) is 30.3 Å². The molecule has 1 aromatic heterocycles. The van der Waals surface area contributed by atoms with Gasteiger partial charge in [-0.3, -0.25) is 39.3 Å². The molecular weight excluding hydrogens is 817 g/mol. The van der Waals surface area contributed by atoms with Crippen LogP contribution in [0.25, 0.3) is 5.70 Å². The van der Waals surface area contributed by atoms with Crippen molar-refractivity contribution in [1.82, 2.24) is 35.7 Å². The Labute approximate surface area is 371 Å². The molecule has 2 saturated heterocycles. The van der Waals surface area contributed by atoms with E-state index in [4.69, 9.17) is 16.2 Å². The zero-order valence-electron chi connectivity index (χ0n) is 35.8. The van der Waals surface area contributed by atoms with Crippen LogP contribution in [0, 0.1) is 5.92 Å². The number of nitrogens with zero attached hydrogens (tertiary/aromatic N) is 6. The average molecular weight is 871 g/mol. The van der Waals surface area contributed by atoms with Crippen LogP contribution >= 0.6 is 0 Å². The number of carbonyl (C=O) groups is 5. The lowest BCUT2D eigenvalue weighted by molar-refractivity contribution is -0.133. The first-order chi connectivity index (χ1) is 31.0. The molecule has 0 aliphatic carbocycles. The normalized spacial score (nSPS) is 17.2. The zero-order valence-corrected chi connectivity index (χ0v) is 35.8. The van der Waals surface area contributed by atoms with E-state index in [2.05, 4.69) is 36.2 Å². The van der Waals surface area contributed by atoms with E-state index in [9.17, 15) is 24.0 Å². The number of benzene rings is 3. The Kier molecular flexibility index (Phi) is 14.8. The molecule has 334 valence electrons. The highest BCUT2D eigenvalue weighted by atomic mass is 16.5. The van der Waals surface area contributed by atoms with E-state index in [0.29, 0.717) is 97.9 Å². The zero-order chi connectivity index (χ0) is 45.0. The predicted molar refractivity (Wildman–Crippen MR) is 242 cm³/mol. The van der Waals surface area contributed by atoms with E-state index in [-0.39, 0.29) is 53.9 Å². The Balaban J connectivity index is 0.795. The first-order valence-electron chi connectivity index (χ1n) is 21.5. The van der Waals surface area contributed by atoms with E-state index in [1.54, 1.807) is 60.9 Å². The van der Waals surface area contributed by atoms with Gasteiger partial charge in [-0.2, -0.15) is 0 Å². The van der Waals surface area contributed by atoms with Crippen LogP contribution < -0.4 is 42.4 Å². The number of likely N-dealkylation sites (tertiary alicyclic amines) is 1. The number of rotatable bonds is 17. The number of amidine groups is 1. The van der Waals surface area contributed by atoms with Gasteiger partial charge in [0.15, 0.2) is 0 Å². The van der Waals surface area contributed by atoms with Crippen molar-refractivity contribution in [2.45, 2.75) is 44.7 Å². The Bertz CT molecular complexity index is 2350. The number of aromatic nitrogens is 2. The van der Waals surface area contributed by atoms with Crippen LogP contribution in [0.5, 0.6) is 11.5 Å². The molecule has 18 heteroatoms. The smallest absolute Gasteiger partial charge is 0.328 e. The van der Waals surface area contributed by atoms with Crippen LogP contribution in [-0.4, -0.2) is 114 Å². The SMILES string of the molecule is CN(CCC(=O)N1CCC([C@@H]2CCN=C(C(C(N)=O)=C(N)c3ccc(Oc4ccccc4)cc3)N2)CC1)Cc1ncc(NCCNC(=O)c2ccc(N3CCC(=O)NC3=O)cc2)cn1. The van der Waals surface area contributed by atoms with E-state index < -0.39 is 11.9 Å². The van der Waals surface area contributed by atoms with Gasteiger partial charge in [-0.05, 0) is 98.5 Å². The van der Waals surface area contributed by atoms with Crippen molar-refractivity contribution in [3.8, 4) is 11.5 Å². The van der Waals surface area contributed by atoms with Crippen molar-refractivity contribution < 1.29 is 28.7 Å². The second kappa shape index (κ2) is 21.2. The molecule has 0 unspecified atom stereocenters. The largest absolute Gasteiger partial charge is 0.457 e. The molecule has 0 saturated carbocycles. The van der Waals surface area contributed by atoms with Crippen molar-refractivity contribution in [1.29, 1.82) is 0 Å². The number of para-hydroxylation sites is 1. The molecule has 3 aromatic carbocycles. The summed E-state index contributed by atoms with van der Waals surface area (Å²) in [5, 5.41) is 11.8. The molecule has 18 nitrogen and oxygen atoms in total. The fourth-order valence-corrected chi connectivity index (χ4v) is 7.89. The number of nitrogens with one attached hydrogen (secondary N) is 4. The van der Waals surface area contributed by atoms with E-state index in [1.807, 2.05) is 47.2 Å². The predicted octanol–water partition coefficient (Wildman–Crippen LogP) is 3.23.